The number of rotatable bonds is 4. The fourth-order valence-corrected chi connectivity index (χ4v) is 2.37. The number of ether oxygens (including phenoxy) is 3. The van der Waals surface area contributed by atoms with Gasteiger partial charge in [-0.15, -0.1) is 0 Å². The van der Waals surface area contributed by atoms with Crippen molar-refractivity contribution < 1.29 is 23.4 Å². The van der Waals surface area contributed by atoms with Gasteiger partial charge in [0.15, 0.2) is 11.3 Å². The van der Waals surface area contributed by atoms with Gasteiger partial charge in [0.25, 0.3) is 0 Å². The van der Waals surface area contributed by atoms with Gasteiger partial charge in [0.05, 0.1) is 0 Å². The summed E-state index contributed by atoms with van der Waals surface area (Å²) in [4.78, 5) is 14.1. The minimum atomic E-state index is -0.457. The standard InChI is InChI=1S/C16H19NO5/c1-10-11-4-5-12-15(20-9-8-19-12)14(11)22-13(10)16(18)21-7-6-17(2)3/h4-5H,6-9H2,1-3H3. The van der Waals surface area contributed by atoms with E-state index in [0.717, 1.165) is 10.9 Å². The number of nitrogens with zero attached hydrogens (tertiary/aromatic N) is 1. The molecule has 0 bridgehead atoms. The second kappa shape index (κ2) is 5.88. The van der Waals surface area contributed by atoms with Gasteiger partial charge < -0.3 is 23.5 Å². The van der Waals surface area contributed by atoms with Gasteiger partial charge in [-0.3, -0.25) is 0 Å². The second-order valence-electron chi connectivity index (χ2n) is 5.46. The Morgan fingerprint density at radius 2 is 2.05 bits per heavy atom. The summed E-state index contributed by atoms with van der Waals surface area (Å²) in [6.45, 7) is 3.80. The third kappa shape index (κ3) is 2.62. The van der Waals surface area contributed by atoms with Gasteiger partial charge in [-0.05, 0) is 33.2 Å². The molecule has 0 saturated carbocycles. The molecule has 0 spiro atoms. The number of carbonyl (C=O) groups is 1. The van der Waals surface area contributed by atoms with E-state index in [1.54, 1.807) is 0 Å². The molecule has 3 rings (SSSR count). The van der Waals surface area contributed by atoms with E-state index < -0.39 is 5.97 Å². The Balaban J connectivity index is 1.91. The molecule has 0 saturated heterocycles. The van der Waals surface area contributed by atoms with Crippen molar-refractivity contribution in [1.82, 2.24) is 4.90 Å². The maximum Gasteiger partial charge on any atom is 0.374 e. The summed E-state index contributed by atoms with van der Waals surface area (Å²) < 4.78 is 22.1. The summed E-state index contributed by atoms with van der Waals surface area (Å²) in [7, 11) is 3.84. The number of carbonyl (C=O) groups excluding carboxylic acids is 1. The summed E-state index contributed by atoms with van der Waals surface area (Å²) in [5.41, 5.74) is 1.29. The van der Waals surface area contributed by atoms with E-state index in [4.69, 9.17) is 18.6 Å². The molecule has 1 aliphatic rings. The zero-order chi connectivity index (χ0) is 15.7. The Bertz CT molecular complexity index is 704. The molecule has 6 nitrogen and oxygen atoms in total. The number of aryl methyl sites for hydroxylation is 1. The molecular weight excluding hydrogens is 286 g/mol. The summed E-state index contributed by atoms with van der Waals surface area (Å²) in [6.07, 6.45) is 0. The van der Waals surface area contributed by atoms with Crippen LogP contribution in [0.5, 0.6) is 11.5 Å². The van der Waals surface area contributed by atoms with Crippen molar-refractivity contribution in [3.05, 3.63) is 23.5 Å². The predicted molar refractivity (Wildman–Crippen MR) is 80.8 cm³/mol. The van der Waals surface area contributed by atoms with Crippen molar-refractivity contribution in [1.29, 1.82) is 0 Å². The van der Waals surface area contributed by atoms with Crippen LogP contribution in [-0.4, -0.2) is 51.3 Å². The van der Waals surface area contributed by atoms with Crippen LogP contribution in [0.1, 0.15) is 16.1 Å². The van der Waals surface area contributed by atoms with E-state index in [1.807, 2.05) is 38.1 Å². The molecule has 0 atom stereocenters. The number of fused-ring (bicyclic) bond motifs is 3. The predicted octanol–water partition coefficient (Wildman–Crippen LogP) is 2.23. The molecule has 2 heterocycles. The van der Waals surface area contributed by atoms with Crippen LogP contribution >= 0.6 is 0 Å². The lowest BCUT2D eigenvalue weighted by molar-refractivity contribution is 0.0447. The Hall–Kier alpha value is -2.21. The molecule has 1 aromatic carbocycles. The monoisotopic (exact) mass is 305 g/mol. The molecule has 1 aliphatic heterocycles. The molecule has 2 aromatic rings. The lowest BCUT2D eigenvalue weighted by atomic mass is 10.1. The Morgan fingerprint density at radius 3 is 2.82 bits per heavy atom. The van der Waals surface area contributed by atoms with E-state index in [1.165, 1.54) is 0 Å². The maximum atomic E-state index is 12.2. The maximum absolute atomic E-state index is 12.2. The molecule has 118 valence electrons. The third-order valence-electron chi connectivity index (χ3n) is 3.57. The third-order valence-corrected chi connectivity index (χ3v) is 3.57. The number of hydrogen-bond donors (Lipinski definition) is 0. The van der Waals surface area contributed by atoms with Gasteiger partial charge in [0.1, 0.15) is 19.8 Å². The topological polar surface area (TPSA) is 61.1 Å². The molecule has 22 heavy (non-hydrogen) atoms. The van der Waals surface area contributed by atoms with Crippen LogP contribution in [0.2, 0.25) is 0 Å². The number of esters is 1. The minimum Gasteiger partial charge on any atom is -0.486 e. The lowest BCUT2D eigenvalue weighted by Gasteiger charge is -2.17. The normalized spacial score (nSPS) is 13.6. The van der Waals surface area contributed by atoms with Crippen molar-refractivity contribution in [2.24, 2.45) is 0 Å². The summed E-state index contributed by atoms with van der Waals surface area (Å²) >= 11 is 0. The fraction of sp³-hybridized carbons (Fsp3) is 0.438. The summed E-state index contributed by atoms with van der Waals surface area (Å²) in [6, 6.07) is 3.71. The van der Waals surface area contributed by atoms with Gasteiger partial charge in [-0.25, -0.2) is 4.79 Å². The zero-order valence-corrected chi connectivity index (χ0v) is 13.0. The van der Waals surface area contributed by atoms with E-state index in [0.29, 0.717) is 43.4 Å². The first-order valence-electron chi connectivity index (χ1n) is 7.21. The molecule has 0 fully saturated rings. The first kappa shape index (κ1) is 14.7. The highest BCUT2D eigenvalue weighted by Crippen LogP contribution is 2.40. The highest BCUT2D eigenvalue weighted by molar-refractivity contribution is 5.98. The van der Waals surface area contributed by atoms with E-state index in [9.17, 15) is 4.79 Å². The van der Waals surface area contributed by atoms with Crippen molar-refractivity contribution in [3.63, 3.8) is 0 Å². The Morgan fingerprint density at radius 1 is 1.27 bits per heavy atom. The molecule has 0 aliphatic carbocycles. The van der Waals surface area contributed by atoms with Crippen LogP contribution in [0.4, 0.5) is 0 Å². The van der Waals surface area contributed by atoms with Crippen LogP contribution in [0.25, 0.3) is 11.0 Å². The van der Waals surface area contributed by atoms with Gasteiger partial charge in [-0.2, -0.15) is 0 Å². The van der Waals surface area contributed by atoms with Crippen molar-refractivity contribution in [2.45, 2.75) is 6.92 Å². The van der Waals surface area contributed by atoms with Gasteiger partial charge in [-0.1, -0.05) is 0 Å². The smallest absolute Gasteiger partial charge is 0.374 e. The van der Waals surface area contributed by atoms with Gasteiger partial charge in [0.2, 0.25) is 11.5 Å². The first-order chi connectivity index (χ1) is 10.6. The van der Waals surface area contributed by atoms with E-state index in [-0.39, 0.29) is 5.76 Å². The number of furan rings is 1. The average Bonchev–Trinajstić information content (AvgIpc) is 2.84. The second-order valence-corrected chi connectivity index (χ2v) is 5.46. The SMILES string of the molecule is Cc1c(C(=O)OCCN(C)C)oc2c3c(ccc12)OCCO3. The minimum absolute atomic E-state index is 0.219. The fourth-order valence-electron chi connectivity index (χ4n) is 2.37. The highest BCUT2D eigenvalue weighted by Gasteiger charge is 2.24. The summed E-state index contributed by atoms with van der Waals surface area (Å²) in [5, 5.41) is 0.837. The van der Waals surface area contributed by atoms with Crippen LogP contribution in [-0.2, 0) is 4.74 Å². The summed E-state index contributed by atoms with van der Waals surface area (Å²) in [5.74, 6) is 0.955. The van der Waals surface area contributed by atoms with Crippen LogP contribution in [0.15, 0.2) is 16.5 Å². The van der Waals surface area contributed by atoms with Crippen molar-refractivity contribution in [3.8, 4) is 11.5 Å². The Labute approximate surface area is 128 Å². The highest BCUT2D eigenvalue weighted by atomic mass is 16.6. The largest absolute Gasteiger partial charge is 0.486 e. The van der Waals surface area contributed by atoms with E-state index in [2.05, 4.69) is 0 Å². The first-order valence-corrected chi connectivity index (χ1v) is 7.21. The number of likely N-dealkylation sites (N-methyl/N-ethyl adjacent to an activating group) is 1. The van der Waals surface area contributed by atoms with E-state index >= 15 is 0 Å². The molecule has 0 radical (unpaired) electrons. The van der Waals surface area contributed by atoms with Crippen LogP contribution in [0, 0.1) is 6.92 Å². The van der Waals surface area contributed by atoms with Crippen molar-refractivity contribution in [2.75, 3.05) is 40.5 Å². The van der Waals surface area contributed by atoms with Gasteiger partial charge >= 0.3 is 5.97 Å². The molecule has 1 aromatic heterocycles. The quantitative estimate of drug-likeness (QED) is 0.807. The molecule has 0 amide bonds. The molecular formula is C16H19NO5. The molecule has 6 heteroatoms. The average molecular weight is 305 g/mol. The number of hydrogen-bond acceptors (Lipinski definition) is 6. The van der Waals surface area contributed by atoms with Crippen LogP contribution in [0.3, 0.4) is 0 Å². The van der Waals surface area contributed by atoms with Gasteiger partial charge in [0, 0.05) is 17.5 Å². The Kier molecular flexibility index (Phi) is 3.94. The zero-order valence-electron chi connectivity index (χ0n) is 13.0. The van der Waals surface area contributed by atoms with Crippen LogP contribution < -0.4 is 9.47 Å². The lowest BCUT2D eigenvalue weighted by Crippen LogP contribution is -2.20. The number of benzene rings is 1. The van der Waals surface area contributed by atoms with Crippen molar-refractivity contribution >= 4 is 16.9 Å². The molecule has 0 N–H and O–H groups in total. The molecule has 0 unspecified atom stereocenters.